The molecule has 1 atom stereocenters. The molecule has 0 aliphatic heterocycles. The third-order valence-corrected chi connectivity index (χ3v) is 5.91. The Morgan fingerprint density at radius 2 is 1.91 bits per heavy atom. The van der Waals surface area contributed by atoms with E-state index < -0.39 is 29.6 Å². The first-order valence-electron chi connectivity index (χ1n) is 9.53. The lowest BCUT2D eigenvalue weighted by molar-refractivity contribution is -0.138. The molecular weight excluding hydrogens is 459 g/mol. The number of aromatic amines is 1. The summed E-state index contributed by atoms with van der Waals surface area (Å²) < 4.78 is 39.3. The summed E-state index contributed by atoms with van der Waals surface area (Å²) in [4.78, 5) is 37.5. The van der Waals surface area contributed by atoms with Crippen LogP contribution < -0.4 is 10.6 Å². The molecule has 13 heteroatoms. The first kappa shape index (κ1) is 22.3. The zero-order valence-electron chi connectivity index (χ0n) is 17.2. The van der Waals surface area contributed by atoms with Gasteiger partial charge in [0.1, 0.15) is 21.9 Å². The molecule has 0 radical (unpaired) electrons. The average molecular weight is 475 g/mol. The molecule has 0 aliphatic carbocycles. The number of thiazole rings is 1. The fraction of sp³-hybridized carbons (Fsp3) is 0.200. The van der Waals surface area contributed by atoms with Crippen LogP contribution in [0.5, 0.6) is 0 Å². The van der Waals surface area contributed by atoms with Gasteiger partial charge in [0.15, 0.2) is 5.65 Å². The van der Waals surface area contributed by atoms with E-state index in [1.807, 2.05) is 0 Å². The topological polar surface area (TPSA) is 126 Å². The highest BCUT2D eigenvalue weighted by Crippen LogP contribution is 2.33. The van der Waals surface area contributed by atoms with Gasteiger partial charge < -0.3 is 10.6 Å². The SMILES string of the molecule is Cc1ccc(NC(=O)c2cnc(C(C)NC(=O)c3ncnc4[nH]ncc34)s2)cc1C(F)(F)F. The minimum Gasteiger partial charge on any atom is -0.342 e. The number of fused-ring (bicyclic) bond motifs is 1. The van der Waals surface area contributed by atoms with E-state index in [0.717, 1.165) is 17.4 Å². The van der Waals surface area contributed by atoms with Gasteiger partial charge in [0.2, 0.25) is 0 Å². The molecule has 2 amide bonds. The van der Waals surface area contributed by atoms with Gasteiger partial charge in [0, 0.05) is 5.69 Å². The standard InChI is InChI=1S/C20H16F3N7O2S/c1-9-3-4-11(5-13(9)20(21,22)23)29-17(31)14-7-24-19(33-14)10(2)28-18(32)15-12-6-27-30-16(12)26-8-25-15/h3-8,10H,1-2H3,(H,28,32)(H,29,31)(H,25,26,27,30). The number of benzene rings is 1. The normalized spacial score (nSPS) is 12.5. The number of nitrogens with zero attached hydrogens (tertiary/aromatic N) is 4. The van der Waals surface area contributed by atoms with Crippen molar-refractivity contribution < 1.29 is 22.8 Å². The number of aryl methyl sites for hydroxylation is 1. The first-order valence-corrected chi connectivity index (χ1v) is 10.3. The number of nitrogens with one attached hydrogen (secondary N) is 3. The molecule has 3 N–H and O–H groups in total. The Labute approximate surface area is 188 Å². The highest BCUT2D eigenvalue weighted by Gasteiger charge is 2.32. The maximum atomic E-state index is 13.1. The smallest absolute Gasteiger partial charge is 0.342 e. The lowest BCUT2D eigenvalue weighted by Gasteiger charge is -2.12. The Kier molecular flexibility index (Phi) is 5.80. The number of anilines is 1. The van der Waals surface area contributed by atoms with Gasteiger partial charge in [-0.25, -0.2) is 15.0 Å². The molecule has 1 aromatic carbocycles. The molecule has 0 aliphatic rings. The van der Waals surface area contributed by atoms with E-state index >= 15 is 0 Å². The third-order valence-electron chi connectivity index (χ3n) is 4.73. The molecule has 3 heterocycles. The highest BCUT2D eigenvalue weighted by molar-refractivity contribution is 7.13. The zero-order chi connectivity index (χ0) is 23.8. The summed E-state index contributed by atoms with van der Waals surface area (Å²) in [6.45, 7) is 3.03. The first-order chi connectivity index (χ1) is 15.6. The van der Waals surface area contributed by atoms with Gasteiger partial charge in [-0.05, 0) is 31.5 Å². The van der Waals surface area contributed by atoms with Gasteiger partial charge in [-0.15, -0.1) is 11.3 Å². The molecule has 3 aromatic heterocycles. The van der Waals surface area contributed by atoms with Crippen molar-refractivity contribution in [3.8, 4) is 0 Å². The van der Waals surface area contributed by atoms with Crippen LogP contribution in [0, 0.1) is 6.92 Å². The predicted molar refractivity (Wildman–Crippen MR) is 114 cm³/mol. The summed E-state index contributed by atoms with van der Waals surface area (Å²) in [5.74, 6) is -1.08. The van der Waals surface area contributed by atoms with Gasteiger partial charge in [-0.2, -0.15) is 18.3 Å². The van der Waals surface area contributed by atoms with Gasteiger partial charge >= 0.3 is 6.18 Å². The maximum absolute atomic E-state index is 13.1. The number of rotatable bonds is 5. The molecule has 1 unspecified atom stereocenters. The van der Waals surface area contributed by atoms with Crippen molar-refractivity contribution in [1.82, 2.24) is 30.5 Å². The molecule has 170 valence electrons. The summed E-state index contributed by atoms with van der Waals surface area (Å²) in [5, 5.41) is 12.6. The second-order valence-electron chi connectivity index (χ2n) is 7.09. The number of carbonyl (C=O) groups excluding carboxylic acids is 2. The monoisotopic (exact) mass is 475 g/mol. The van der Waals surface area contributed by atoms with E-state index in [2.05, 4.69) is 35.8 Å². The van der Waals surface area contributed by atoms with Crippen LogP contribution in [0.15, 0.2) is 36.9 Å². The molecule has 0 saturated heterocycles. The Morgan fingerprint density at radius 1 is 1.12 bits per heavy atom. The average Bonchev–Trinajstić information content (AvgIpc) is 3.43. The largest absolute Gasteiger partial charge is 0.416 e. The summed E-state index contributed by atoms with van der Waals surface area (Å²) in [6.07, 6.45) is -0.547. The summed E-state index contributed by atoms with van der Waals surface area (Å²) in [5.41, 5.74) is -0.197. The van der Waals surface area contributed by atoms with Crippen molar-refractivity contribution in [2.45, 2.75) is 26.1 Å². The summed E-state index contributed by atoms with van der Waals surface area (Å²) in [6, 6.07) is 3.01. The van der Waals surface area contributed by atoms with Crippen molar-refractivity contribution >= 4 is 39.9 Å². The van der Waals surface area contributed by atoms with Crippen molar-refractivity contribution in [3.63, 3.8) is 0 Å². The Morgan fingerprint density at radius 3 is 2.67 bits per heavy atom. The minimum absolute atomic E-state index is 0.0158. The van der Waals surface area contributed by atoms with Crippen LogP contribution in [0.25, 0.3) is 11.0 Å². The van der Waals surface area contributed by atoms with Gasteiger partial charge in [0.05, 0.1) is 29.4 Å². The fourth-order valence-corrected chi connectivity index (χ4v) is 3.88. The molecule has 4 rings (SSSR count). The maximum Gasteiger partial charge on any atom is 0.416 e. The molecule has 0 spiro atoms. The second-order valence-corrected chi connectivity index (χ2v) is 8.16. The fourth-order valence-electron chi connectivity index (χ4n) is 3.06. The summed E-state index contributed by atoms with van der Waals surface area (Å²) >= 11 is 1.01. The van der Waals surface area contributed by atoms with E-state index in [9.17, 15) is 22.8 Å². The molecule has 33 heavy (non-hydrogen) atoms. The minimum atomic E-state index is -4.53. The number of hydrogen-bond acceptors (Lipinski definition) is 7. The van der Waals surface area contributed by atoms with Crippen molar-refractivity contribution in [2.75, 3.05) is 5.32 Å². The molecule has 9 nitrogen and oxygen atoms in total. The van der Waals surface area contributed by atoms with Crippen LogP contribution in [0.2, 0.25) is 0 Å². The van der Waals surface area contributed by atoms with Crippen LogP contribution in [-0.4, -0.2) is 37.0 Å². The van der Waals surface area contributed by atoms with E-state index in [0.29, 0.717) is 16.0 Å². The van der Waals surface area contributed by atoms with Gasteiger partial charge in [0.25, 0.3) is 11.8 Å². The number of halogens is 3. The van der Waals surface area contributed by atoms with Crippen molar-refractivity contribution in [1.29, 1.82) is 0 Å². The molecule has 0 bridgehead atoms. The van der Waals surface area contributed by atoms with Crippen LogP contribution >= 0.6 is 11.3 Å². The zero-order valence-corrected chi connectivity index (χ0v) is 18.0. The number of hydrogen-bond donors (Lipinski definition) is 3. The van der Waals surface area contributed by atoms with Gasteiger partial charge in [-0.3, -0.25) is 14.7 Å². The lowest BCUT2D eigenvalue weighted by atomic mass is 10.1. The van der Waals surface area contributed by atoms with E-state index in [1.165, 1.54) is 37.8 Å². The van der Waals surface area contributed by atoms with Crippen molar-refractivity contribution in [2.24, 2.45) is 0 Å². The second kappa shape index (κ2) is 8.58. The molecular formula is C20H16F3N7O2S. The highest BCUT2D eigenvalue weighted by atomic mass is 32.1. The van der Waals surface area contributed by atoms with Crippen LogP contribution in [0.1, 0.15) is 49.3 Å². The van der Waals surface area contributed by atoms with Gasteiger partial charge in [-0.1, -0.05) is 6.07 Å². The lowest BCUT2D eigenvalue weighted by Crippen LogP contribution is -2.27. The number of amides is 2. The quantitative estimate of drug-likeness (QED) is 0.402. The molecule has 0 saturated carbocycles. The predicted octanol–water partition coefficient (Wildman–Crippen LogP) is 3.88. The van der Waals surface area contributed by atoms with Crippen LogP contribution in [0.4, 0.5) is 18.9 Å². The van der Waals surface area contributed by atoms with Crippen LogP contribution in [0.3, 0.4) is 0 Å². The Balaban J connectivity index is 1.46. The number of alkyl halides is 3. The Bertz CT molecular complexity index is 1350. The molecule has 0 fully saturated rings. The molecule has 4 aromatic rings. The Hall–Kier alpha value is -3.87. The van der Waals surface area contributed by atoms with E-state index in [4.69, 9.17) is 0 Å². The van der Waals surface area contributed by atoms with Crippen molar-refractivity contribution in [3.05, 3.63) is 63.6 Å². The number of aromatic nitrogens is 5. The number of H-pyrrole nitrogens is 1. The van der Waals surface area contributed by atoms with E-state index in [1.54, 1.807) is 6.92 Å². The number of carbonyl (C=O) groups is 2. The van der Waals surface area contributed by atoms with Crippen LogP contribution in [-0.2, 0) is 6.18 Å². The third kappa shape index (κ3) is 4.67. The van der Waals surface area contributed by atoms with E-state index in [-0.39, 0.29) is 21.8 Å². The summed E-state index contributed by atoms with van der Waals surface area (Å²) in [7, 11) is 0.